The van der Waals surface area contributed by atoms with E-state index in [0.717, 1.165) is 33.9 Å². The van der Waals surface area contributed by atoms with Gasteiger partial charge in [0.25, 0.3) is 0 Å². The van der Waals surface area contributed by atoms with Gasteiger partial charge in [0.1, 0.15) is 5.82 Å². The third-order valence-electron chi connectivity index (χ3n) is 3.85. The molecule has 3 aromatic rings. The highest BCUT2D eigenvalue weighted by atomic mass is 16.7. The van der Waals surface area contributed by atoms with Crippen LogP contribution in [0.25, 0.3) is 22.4 Å². The summed E-state index contributed by atoms with van der Waals surface area (Å²) in [4.78, 5) is 4.80. The van der Waals surface area contributed by atoms with Crippen LogP contribution in [0.3, 0.4) is 0 Å². The first-order valence-electron chi connectivity index (χ1n) is 7.65. The molecule has 5 heteroatoms. The summed E-state index contributed by atoms with van der Waals surface area (Å²) >= 11 is 0. The van der Waals surface area contributed by atoms with Crippen molar-refractivity contribution in [3.8, 4) is 22.9 Å². The summed E-state index contributed by atoms with van der Waals surface area (Å²) in [5.41, 5.74) is 8.96. The number of imidazole rings is 1. The second kappa shape index (κ2) is 4.99. The molecule has 0 bridgehead atoms. The molecule has 1 aliphatic rings. The fourth-order valence-electron chi connectivity index (χ4n) is 2.90. The van der Waals surface area contributed by atoms with Gasteiger partial charge >= 0.3 is 0 Å². The molecule has 0 atom stereocenters. The largest absolute Gasteiger partial charge is 0.454 e. The molecular weight excluding hydrogens is 290 g/mol. The highest BCUT2D eigenvalue weighted by Crippen LogP contribution is 2.36. The zero-order valence-corrected chi connectivity index (χ0v) is 13.2. The predicted octanol–water partition coefficient (Wildman–Crippen LogP) is 3.17. The van der Waals surface area contributed by atoms with Gasteiger partial charge in [0.05, 0.1) is 11.0 Å². The number of fused-ring (bicyclic) bond motifs is 2. The molecule has 23 heavy (non-hydrogen) atoms. The predicted molar refractivity (Wildman–Crippen MR) is 89.6 cm³/mol. The standard InChI is InChI=1S/C18H19N3O2/c1-18(2,19)10-21-14-6-4-3-5-13(14)20-17(21)12-7-8-15-16(9-12)23-11-22-15/h3-9H,10-11,19H2,1-2H3. The van der Waals surface area contributed by atoms with Crippen molar-refractivity contribution in [2.45, 2.75) is 25.9 Å². The zero-order valence-electron chi connectivity index (χ0n) is 13.2. The van der Waals surface area contributed by atoms with Crippen LogP contribution in [0.15, 0.2) is 42.5 Å². The van der Waals surface area contributed by atoms with E-state index in [1.807, 2.05) is 50.2 Å². The maximum absolute atomic E-state index is 6.26. The lowest BCUT2D eigenvalue weighted by Crippen LogP contribution is -2.37. The van der Waals surface area contributed by atoms with Crippen molar-refractivity contribution >= 4 is 11.0 Å². The Morgan fingerprint density at radius 2 is 1.91 bits per heavy atom. The number of benzene rings is 2. The molecular formula is C18H19N3O2. The summed E-state index contributed by atoms with van der Waals surface area (Å²) in [5, 5.41) is 0. The number of hydrogen-bond donors (Lipinski definition) is 1. The molecule has 5 nitrogen and oxygen atoms in total. The first-order valence-corrected chi connectivity index (χ1v) is 7.65. The average molecular weight is 309 g/mol. The second-order valence-corrected chi connectivity index (χ2v) is 6.57. The monoisotopic (exact) mass is 309 g/mol. The van der Waals surface area contributed by atoms with Gasteiger partial charge in [0, 0.05) is 17.6 Å². The summed E-state index contributed by atoms with van der Waals surface area (Å²) in [6, 6.07) is 14.0. The molecule has 2 heterocycles. The number of ether oxygens (including phenoxy) is 2. The van der Waals surface area contributed by atoms with Crippen LogP contribution < -0.4 is 15.2 Å². The second-order valence-electron chi connectivity index (χ2n) is 6.57. The van der Waals surface area contributed by atoms with Crippen LogP contribution in [0.2, 0.25) is 0 Å². The van der Waals surface area contributed by atoms with Gasteiger partial charge < -0.3 is 19.8 Å². The van der Waals surface area contributed by atoms with Crippen LogP contribution >= 0.6 is 0 Å². The lowest BCUT2D eigenvalue weighted by Gasteiger charge is -2.21. The molecule has 1 aliphatic heterocycles. The molecule has 0 amide bonds. The Labute approximate surface area is 134 Å². The number of aromatic nitrogens is 2. The molecule has 1 aromatic heterocycles. The summed E-state index contributed by atoms with van der Waals surface area (Å²) in [7, 11) is 0. The molecule has 0 radical (unpaired) electrons. The average Bonchev–Trinajstić information content (AvgIpc) is 3.10. The molecule has 0 saturated heterocycles. The Morgan fingerprint density at radius 1 is 1.13 bits per heavy atom. The normalized spacial score (nSPS) is 13.7. The van der Waals surface area contributed by atoms with Crippen LogP contribution in [-0.4, -0.2) is 21.9 Å². The lowest BCUT2D eigenvalue weighted by molar-refractivity contribution is 0.174. The molecule has 0 spiro atoms. The maximum Gasteiger partial charge on any atom is 0.231 e. The van der Waals surface area contributed by atoms with Gasteiger partial charge in [-0.1, -0.05) is 12.1 Å². The van der Waals surface area contributed by atoms with E-state index >= 15 is 0 Å². The van der Waals surface area contributed by atoms with Crippen molar-refractivity contribution in [3.63, 3.8) is 0 Å². The van der Waals surface area contributed by atoms with Gasteiger partial charge in [0.15, 0.2) is 11.5 Å². The highest BCUT2D eigenvalue weighted by molar-refractivity contribution is 5.81. The molecule has 4 rings (SSSR count). The van der Waals surface area contributed by atoms with Crippen molar-refractivity contribution in [3.05, 3.63) is 42.5 Å². The van der Waals surface area contributed by atoms with Crippen molar-refractivity contribution in [1.29, 1.82) is 0 Å². The highest BCUT2D eigenvalue weighted by Gasteiger charge is 2.21. The first kappa shape index (κ1) is 14.1. The Balaban J connectivity index is 1.90. The summed E-state index contributed by atoms with van der Waals surface area (Å²) < 4.78 is 13.1. The molecule has 0 saturated carbocycles. The topological polar surface area (TPSA) is 62.3 Å². The Bertz CT molecular complexity index is 878. The van der Waals surface area contributed by atoms with Gasteiger partial charge in [-0.3, -0.25) is 0 Å². The maximum atomic E-state index is 6.26. The smallest absolute Gasteiger partial charge is 0.231 e. The summed E-state index contributed by atoms with van der Waals surface area (Å²) in [5.74, 6) is 2.42. The SMILES string of the molecule is CC(C)(N)Cn1c(-c2ccc3c(c2)OCO3)nc2ccccc21. The molecule has 2 N–H and O–H groups in total. The van der Waals surface area contributed by atoms with Crippen LogP contribution in [0.4, 0.5) is 0 Å². The van der Waals surface area contributed by atoms with E-state index < -0.39 is 0 Å². The van der Waals surface area contributed by atoms with Crippen LogP contribution in [-0.2, 0) is 6.54 Å². The number of nitrogens with two attached hydrogens (primary N) is 1. The van der Waals surface area contributed by atoms with Crippen LogP contribution in [0, 0.1) is 0 Å². The van der Waals surface area contributed by atoms with E-state index in [1.54, 1.807) is 0 Å². The molecule has 0 fully saturated rings. The van der Waals surface area contributed by atoms with E-state index in [0.29, 0.717) is 6.54 Å². The van der Waals surface area contributed by atoms with Gasteiger partial charge in [-0.15, -0.1) is 0 Å². The minimum Gasteiger partial charge on any atom is -0.454 e. The zero-order chi connectivity index (χ0) is 16.0. The molecule has 0 unspecified atom stereocenters. The van der Waals surface area contributed by atoms with Gasteiger partial charge in [0.2, 0.25) is 6.79 Å². The number of hydrogen-bond acceptors (Lipinski definition) is 4. The third-order valence-corrected chi connectivity index (χ3v) is 3.85. The molecule has 0 aliphatic carbocycles. The first-order chi connectivity index (χ1) is 11.0. The molecule has 118 valence electrons. The van der Waals surface area contributed by atoms with Gasteiger partial charge in [-0.25, -0.2) is 4.98 Å². The Morgan fingerprint density at radius 3 is 2.74 bits per heavy atom. The van der Waals surface area contributed by atoms with Crippen LogP contribution in [0.5, 0.6) is 11.5 Å². The number of para-hydroxylation sites is 2. The van der Waals surface area contributed by atoms with E-state index in [2.05, 4.69) is 10.6 Å². The van der Waals surface area contributed by atoms with Crippen molar-refractivity contribution < 1.29 is 9.47 Å². The summed E-state index contributed by atoms with van der Waals surface area (Å²) in [6.45, 7) is 4.98. The molecule has 2 aromatic carbocycles. The lowest BCUT2D eigenvalue weighted by atomic mass is 10.1. The van der Waals surface area contributed by atoms with E-state index in [4.69, 9.17) is 20.2 Å². The van der Waals surface area contributed by atoms with E-state index in [9.17, 15) is 0 Å². The fourth-order valence-corrected chi connectivity index (χ4v) is 2.90. The van der Waals surface area contributed by atoms with E-state index in [1.165, 1.54) is 0 Å². The fraction of sp³-hybridized carbons (Fsp3) is 0.278. The van der Waals surface area contributed by atoms with Crippen molar-refractivity contribution in [2.24, 2.45) is 5.73 Å². The van der Waals surface area contributed by atoms with Crippen molar-refractivity contribution in [2.75, 3.05) is 6.79 Å². The minimum absolute atomic E-state index is 0.269. The quantitative estimate of drug-likeness (QED) is 0.807. The Kier molecular flexibility index (Phi) is 3.06. The summed E-state index contributed by atoms with van der Waals surface area (Å²) in [6.07, 6.45) is 0. The third kappa shape index (κ3) is 2.53. The van der Waals surface area contributed by atoms with E-state index in [-0.39, 0.29) is 12.3 Å². The van der Waals surface area contributed by atoms with Crippen molar-refractivity contribution in [1.82, 2.24) is 9.55 Å². The van der Waals surface area contributed by atoms with Crippen LogP contribution in [0.1, 0.15) is 13.8 Å². The number of nitrogens with zero attached hydrogens (tertiary/aromatic N) is 2. The number of rotatable bonds is 3. The van der Waals surface area contributed by atoms with Gasteiger partial charge in [-0.05, 0) is 44.2 Å². The minimum atomic E-state index is -0.339. The van der Waals surface area contributed by atoms with Gasteiger partial charge in [-0.2, -0.15) is 0 Å². The Hall–Kier alpha value is -2.53.